The Hall–Kier alpha value is 1.06. The van der Waals surface area contributed by atoms with Crippen LogP contribution in [0.4, 0.5) is 0 Å². The molecule has 0 heterocycles. The van der Waals surface area contributed by atoms with Crippen molar-refractivity contribution in [1.29, 1.82) is 0 Å². The van der Waals surface area contributed by atoms with Gasteiger partial charge in [-0.15, -0.1) is 0 Å². The predicted molar refractivity (Wildman–Crippen MR) is 36.5 cm³/mol. The zero-order valence-corrected chi connectivity index (χ0v) is 6.64. The van der Waals surface area contributed by atoms with Crippen molar-refractivity contribution in [1.82, 2.24) is 0 Å². The second kappa shape index (κ2) is 4.81. The summed E-state index contributed by atoms with van der Waals surface area (Å²) in [6.45, 7) is 0. The van der Waals surface area contributed by atoms with E-state index < -0.39 is 0 Å². The molecular formula is C6H4ArCl2. The summed E-state index contributed by atoms with van der Waals surface area (Å²) in [5.41, 5.74) is 0. The molecule has 0 amide bonds. The van der Waals surface area contributed by atoms with Gasteiger partial charge in [0.1, 0.15) is 0 Å². The van der Waals surface area contributed by atoms with Crippen LogP contribution < -0.4 is 0 Å². The van der Waals surface area contributed by atoms with Crippen LogP contribution >= 0.6 is 23.2 Å². The summed E-state index contributed by atoms with van der Waals surface area (Å²) >= 11 is 11.2. The first-order chi connectivity index (χ1) is 3.80. The minimum absolute atomic E-state index is 0. The second-order valence-electron chi connectivity index (χ2n) is 1.41. The average molecular weight is 187 g/mol. The quantitative estimate of drug-likeness (QED) is 0.585. The van der Waals surface area contributed by atoms with E-state index in [0.717, 1.165) is 0 Å². The molecule has 0 aliphatic carbocycles. The van der Waals surface area contributed by atoms with Crippen molar-refractivity contribution in [2.75, 3.05) is 0 Å². The predicted octanol–water partition coefficient (Wildman–Crippen LogP) is 2.99. The van der Waals surface area contributed by atoms with E-state index in [1.54, 1.807) is 12.1 Å². The summed E-state index contributed by atoms with van der Waals surface area (Å²) in [4.78, 5) is 0. The molecule has 0 atom stereocenters. The van der Waals surface area contributed by atoms with Gasteiger partial charge in [-0.2, -0.15) is 0 Å². The maximum absolute atomic E-state index is 5.58. The molecule has 0 spiro atoms. The van der Waals surface area contributed by atoms with E-state index in [2.05, 4.69) is 0 Å². The third-order valence-corrected chi connectivity index (χ3v) is 1.58. The molecular weight excluding hydrogens is 183 g/mol. The van der Waals surface area contributed by atoms with Gasteiger partial charge in [-0.05, 0) is 12.1 Å². The van der Waals surface area contributed by atoms with Crippen molar-refractivity contribution >= 4 is 23.2 Å². The molecule has 0 N–H and O–H groups in total. The van der Waals surface area contributed by atoms with Crippen molar-refractivity contribution in [2.45, 2.75) is 0 Å². The fraction of sp³-hybridized carbons (Fsp3) is 0. The second-order valence-corrected chi connectivity index (χ2v) is 2.23. The fourth-order valence-corrected chi connectivity index (χ4v) is 0.711. The van der Waals surface area contributed by atoms with E-state index in [0.29, 0.717) is 10.0 Å². The smallest absolute Gasteiger partial charge is 0.0592 e. The number of rotatable bonds is 0. The molecule has 0 aromatic heterocycles. The standard InChI is InChI=1S/C6H4Cl2.Ar/c7-5-3-1-2-4-6(5)8;/h1-4H;. The van der Waals surface area contributed by atoms with E-state index >= 15 is 0 Å². The average Bonchev–Trinajstić information content (AvgIpc) is 1.77. The van der Waals surface area contributed by atoms with Crippen molar-refractivity contribution in [3.8, 4) is 0 Å². The van der Waals surface area contributed by atoms with Crippen LogP contribution in [-0.2, 0) is 0 Å². The van der Waals surface area contributed by atoms with E-state index in [1.165, 1.54) is 0 Å². The normalized spacial score (nSPS) is 8.22. The SMILES string of the molecule is Clc1ccccc1Cl.[Ar]. The summed E-state index contributed by atoms with van der Waals surface area (Å²) < 4.78 is 0. The fourth-order valence-electron chi connectivity index (χ4n) is 0.439. The van der Waals surface area contributed by atoms with E-state index in [4.69, 9.17) is 23.2 Å². The van der Waals surface area contributed by atoms with Gasteiger partial charge in [-0.25, -0.2) is 0 Å². The molecule has 0 saturated heterocycles. The molecule has 0 saturated carbocycles. The number of benzene rings is 1. The maximum atomic E-state index is 5.58. The Bertz CT molecular complexity index is 167. The van der Waals surface area contributed by atoms with Gasteiger partial charge in [0.15, 0.2) is 0 Å². The molecule has 0 bridgehead atoms. The van der Waals surface area contributed by atoms with Gasteiger partial charge < -0.3 is 0 Å². The monoisotopic (exact) mass is 186 g/mol. The minimum Gasteiger partial charge on any atom is -0.0827 e. The molecule has 1 rings (SSSR count). The van der Waals surface area contributed by atoms with Crippen LogP contribution in [0.25, 0.3) is 0 Å². The van der Waals surface area contributed by atoms with Gasteiger partial charge in [-0.3, -0.25) is 0 Å². The van der Waals surface area contributed by atoms with Crippen molar-refractivity contribution in [2.24, 2.45) is 0 Å². The molecule has 3 heteroatoms. The van der Waals surface area contributed by atoms with Crippen molar-refractivity contribution in [3.05, 3.63) is 34.3 Å². The molecule has 1 aromatic rings. The van der Waals surface area contributed by atoms with Gasteiger partial charge in [0.05, 0.1) is 10.0 Å². The van der Waals surface area contributed by atoms with Crippen molar-refractivity contribution in [3.63, 3.8) is 0 Å². The Morgan fingerprint density at radius 2 is 1.22 bits per heavy atom. The van der Waals surface area contributed by atoms with Crippen LogP contribution in [-0.4, -0.2) is 0 Å². The molecule has 0 unspecified atom stereocenters. The van der Waals surface area contributed by atoms with E-state index in [9.17, 15) is 0 Å². The molecule has 0 aliphatic heterocycles. The Morgan fingerprint density at radius 3 is 1.44 bits per heavy atom. The van der Waals surface area contributed by atoms with Crippen LogP contribution in [0.3, 0.4) is 0 Å². The molecule has 0 nitrogen and oxygen atoms in total. The number of hydrogen-bond donors (Lipinski definition) is 0. The zero-order valence-electron chi connectivity index (χ0n) is 4.42. The van der Waals surface area contributed by atoms with Gasteiger partial charge in [0, 0.05) is 37.7 Å². The maximum Gasteiger partial charge on any atom is 0.0592 e. The minimum atomic E-state index is 0. The van der Waals surface area contributed by atoms with E-state index in [1.807, 2.05) is 12.1 Å². The van der Waals surface area contributed by atoms with Crippen LogP contribution in [0.2, 0.25) is 10.0 Å². The molecule has 50 valence electrons. The van der Waals surface area contributed by atoms with Gasteiger partial charge >= 0.3 is 0 Å². The Kier molecular flexibility index (Phi) is 5.38. The van der Waals surface area contributed by atoms with E-state index in [-0.39, 0.29) is 37.7 Å². The third-order valence-electron chi connectivity index (χ3n) is 0.824. The van der Waals surface area contributed by atoms with Gasteiger partial charge in [0.2, 0.25) is 0 Å². The Labute approximate surface area is 94.2 Å². The molecule has 0 aliphatic rings. The van der Waals surface area contributed by atoms with Crippen LogP contribution in [0, 0.1) is 37.7 Å². The molecule has 9 heavy (non-hydrogen) atoms. The van der Waals surface area contributed by atoms with Gasteiger partial charge in [-0.1, -0.05) is 35.3 Å². The summed E-state index contributed by atoms with van der Waals surface area (Å²) in [5.74, 6) is 0. The summed E-state index contributed by atoms with van der Waals surface area (Å²) in [6, 6.07) is 7.19. The summed E-state index contributed by atoms with van der Waals surface area (Å²) in [7, 11) is 0. The first kappa shape index (κ1) is 10.1. The first-order valence-electron chi connectivity index (χ1n) is 2.21. The van der Waals surface area contributed by atoms with Crippen LogP contribution in [0.1, 0.15) is 0 Å². The Balaban J connectivity index is 0.000000640. The Morgan fingerprint density at radius 1 is 0.889 bits per heavy atom. The summed E-state index contributed by atoms with van der Waals surface area (Å²) in [6.07, 6.45) is 0. The largest absolute Gasteiger partial charge is 0.0827 e. The zero-order chi connectivity index (χ0) is 5.98. The molecule has 1 aromatic carbocycles. The van der Waals surface area contributed by atoms with Crippen molar-refractivity contribution < 1.29 is 37.7 Å². The molecule has 0 fully saturated rings. The summed E-state index contributed by atoms with van der Waals surface area (Å²) in [5, 5.41) is 1.21. The van der Waals surface area contributed by atoms with Gasteiger partial charge in [0.25, 0.3) is 0 Å². The molecule has 0 radical (unpaired) electrons. The topological polar surface area (TPSA) is 0 Å². The van der Waals surface area contributed by atoms with Crippen LogP contribution in [0.5, 0.6) is 0 Å². The third kappa shape index (κ3) is 3.10. The first-order valence-corrected chi connectivity index (χ1v) is 2.96. The number of hydrogen-bond acceptors (Lipinski definition) is 0. The van der Waals surface area contributed by atoms with Crippen LogP contribution in [0.15, 0.2) is 24.3 Å². The number of halogens is 2.